The number of rotatable bonds is 3. The van der Waals surface area contributed by atoms with Gasteiger partial charge in [0.1, 0.15) is 11.5 Å². The van der Waals surface area contributed by atoms with Crippen molar-refractivity contribution in [2.75, 3.05) is 0 Å². The molecule has 5 heteroatoms. The Balaban J connectivity index is 2.37. The van der Waals surface area contributed by atoms with E-state index < -0.39 is 0 Å². The van der Waals surface area contributed by atoms with Crippen molar-refractivity contribution in [3.63, 3.8) is 0 Å². The van der Waals surface area contributed by atoms with Gasteiger partial charge in [-0.3, -0.25) is 0 Å². The normalized spacial score (nSPS) is 10.4. The van der Waals surface area contributed by atoms with Crippen molar-refractivity contribution in [3.8, 4) is 11.5 Å². The second kappa shape index (κ2) is 6.19. The minimum Gasteiger partial charge on any atom is -0.456 e. The number of ether oxygens (including phenoxy) is 1. The van der Waals surface area contributed by atoms with Crippen LogP contribution < -0.4 is 10.5 Å². The van der Waals surface area contributed by atoms with Crippen LogP contribution in [-0.4, -0.2) is 0 Å². The molecule has 2 rings (SSSR count). The van der Waals surface area contributed by atoms with Crippen LogP contribution in [0.4, 0.5) is 0 Å². The van der Waals surface area contributed by atoms with Gasteiger partial charge in [-0.15, -0.1) is 0 Å². The molecule has 0 aliphatic carbocycles. The first-order valence-electron chi connectivity index (χ1n) is 5.22. The lowest BCUT2D eigenvalue weighted by atomic mass is 10.2. The predicted molar refractivity (Wildman–Crippen MR) is 83.9 cm³/mol. The topological polar surface area (TPSA) is 35.2 Å². The van der Waals surface area contributed by atoms with E-state index >= 15 is 0 Å². The minimum absolute atomic E-state index is 0.422. The molecule has 0 unspecified atom stereocenters. The second-order valence-electron chi connectivity index (χ2n) is 3.60. The van der Waals surface area contributed by atoms with Crippen LogP contribution in [-0.2, 0) is 6.54 Å². The van der Waals surface area contributed by atoms with Crippen LogP contribution in [0.15, 0.2) is 49.8 Å². The summed E-state index contributed by atoms with van der Waals surface area (Å²) in [5.74, 6) is 1.51. The molecule has 0 saturated heterocycles. The Morgan fingerprint density at radius 1 is 0.944 bits per heavy atom. The molecule has 2 aromatic carbocycles. The Morgan fingerprint density at radius 2 is 1.72 bits per heavy atom. The van der Waals surface area contributed by atoms with Crippen LogP contribution in [0.3, 0.4) is 0 Å². The summed E-state index contributed by atoms with van der Waals surface area (Å²) in [5, 5.41) is 0. The Hall–Kier alpha value is -0.360. The average Bonchev–Trinajstić information content (AvgIpc) is 2.33. The Bertz CT molecular complexity index is 572. The molecule has 0 atom stereocenters. The molecule has 0 radical (unpaired) electrons. The third-order valence-corrected chi connectivity index (χ3v) is 4.25. The van der Waals surface area contributed by atoms with E-state index in [1.807, 2.05) is 36.4 Å². The molecule has 2 aromatic rings. The van der Waals surface area contributed by atoms with Crippen molar-refractivity contribution in [1.29, 1.82) is 0 Å². The Kier molecular flexibility index (Phi) is 4.84. The van der Waals surface area contributed by atoms with E-state index in [4.69, 9.17) is 10.5 Å². The summed E-state index contributed by atoms with van der Waals surface area (Å²) in [5.41, 5.74) is 6.69. The first-order valence-corrected chi connectivity index (χ1v) is 7.60. The first kappa shape index (κ1) is 14.1. The molecule has 0 fully saturated rings. The summed E-state index contributed by atoms with van der Waals surface area (Å²) in [7, 11) is 0. The third-order valence-electron chi connectivity index (χ3n) is 2.39. The molecule has 2 N–H and O–H groups in total. The lowest BCUT2D eigenvalue weighted by Gasteiger charge is -2.12. The standard InChI is InChI=1S/C13H10Br3NO/c14-8-4-5-13(11(16)6-8)18-12-3-1-2-10(15)9(12)7-17/h1-6H,7,17H2. The monoisotopic (exact) mass is 433 g/mol. The van der Waals surface area contributed by atoms with E-state index in [2.05, 4.69) is 47.8 Å². The smallest absolute Gasteiger partial charge is 0.141 e. The number of halogens is 3. The molecule has 0 aromatic heterocycles. The molecule has 0 saturated carbocycles. The van der Waals surface area contributed by atoms with E-state index in [1.165, 1.54) is 0 Å². The molecular formula is C13H10Br3NO. The van der Waals surface area contributed by atoms with Crippen molar-refractivity contribution in [1.82, 2.24) is 0 Å². The Morgan fingerprint density at radius 3 is 2.39 bits per heavy atom. The lowest BCUT2D eigenvalue weighted by molar-refractivity contribution is 0.473. The van der Waals surface area contributed by atoms with Crippen LogP contribution in [0.5, 0.6) is 11.5 Å². The van der Waals surface area contributed by atoms with Crippen LogP contribution in [0, 0.1) is 0 Å². The minimum atomic E-state index is 0.422. The first-order chi connectivity index (χ1) is 8.61. The third kappa shape index (κ3) is 3.15. The van der Waals surface area contributed by atoms with Gasteiger partial charge in [-0.05, 0) is 46.3 Å². The quantitative estimate of drug-likeness (QED) is 0.716. The van der Waals surface area contributed by atoms with Gasteiger partial charge in [-0.2, -0.15) is 0 Å². The van der Waals surface area contributed by atoms with Gasteiger partial charge in [0.2, 0.25) is 0 Å². The van der Waals surface area contributed by atoms with Gasteiger partial charge in [0, 0.05) is 21.1 Å². The molecule has 0 spiro atoms. The highest BCUT2D eigenvalue weighted by atomic mass is 79.9. The summed E-state index contributed by atoms with van der Waals surface area (Å²) < 4.78 is 8.73. The summed E-state index contributed by atoms with van der Waals surface area (Å²) in [6.45, 7) is 0.422. The fourth-order valence-electron chi connectivity index (χ4n) is 1.51. The summed E-state index contributed by atoms with van der Waals surface area (Å²) >= 11 is 10.4. The zero-order valence-corrected chi connectivity index (χ0v) is 14.0. The predicted octanol–water partition coefficient (Wildman–Crippen LogP) is 5.23. The molecule has 0 heterocycles. The van der Waals surface area contributed by atoms with Crippen LogP contribution in [0.2, 0.25) is 0 Å². The molecule has 0 aliphatic heterocycles. The van der Waals surface area contributed by atoms with Gasteiger partial charge in [0.15, 0.2) is 0 Å². The zero-order chi connectivity index (χ0) is 13.1. The summed E-state index contributed by atoms with van der Waals surface area (Å²) in [4.78, 5) is 0. The van der Waals surface area contributed by atoms with Crippen molar-refractivity contribution in [3.05, 3.63) is 55.4 Å². The van der Waals surface area contributed by atoms with Crippen molar-refractivity contribution in [2.45, 2.75) is 6.54 Å². The molecule has 0 amide bonds. The molecule has 94 valence electrons. The summed E-state index contributed by atoms with van der Waals surface area (Å²) in [6, 6.07) is 11.5. The highest BCUT2D eigenvalue weighted by Crippen LogP contribution is 2.35. The van der Waals surface area contributed by atoms with E-state index in [0.29, 0.717) is 6.54 Å². The SMILES string of the molecule is NCc1c(Br)cccc1Oc1ccc(Br)cc1Br. The van der Waals surface area contributed by atoms with Crippen molar-refractivity contribution in [2.24, 2.45) is 5.73 Å². The zero-order valence-electron chi connectivity index (χ0n) is 9.29. The van der Waals surface area contributed by atoms with Crippen molar-refractivity contribution >= 4 is 47.8 Å². The number of nitrogens with two attached hydrogens (primary N) is 1. The van der Waals surface area contributed by atoms with Gasteiger partial charge >= 0.3 is 0 Å². The van der Waals surface area contributed by atoms with Crippen LogP contribution in [0.1, 0.15) is 5.56 Å². The van der Waals surface area contributed by atoms with E-state index in [0.717, 1.165) is 30.5 Å². The molecule has 2 nitrogen and oxygen atoms in total. The molecular weight excluding hydrogens is 426 g/mol. The average molecular weight is 436 g/mol. The van der Waals surface area contributed by atoms with Gasteiger partial charge in [-0.25, -0.2) is 0 Å². The molecule has 0 bridgehead atoms. The molecule has 18 heavy (non-hydrogen) atoms. The molecule has 0 aliphatic rings. The summed E-state index contributed by atoms with van der Waals surface area (Å²) in [6.07, 6.45) is 0. The maximum atomic E-state index is 5.89. The van der Waals surface area contributed by atoms with Gasteiger partial charge in [-0.1, -0.05) is 37.9 Å². The maximum Gasteiger partial charge on any atom is 0.141 e. The second-order valence-corrected chi connectivity index (χ2v) is 6.22. The van der Waals surface area contributed by atoms with E-state index in [9.17, 15) is 0 Å². The largest absolute Gasteiger partial charge is 0.456 e. The van der Waals surface area contributed by atoms with Crippen LogP contribution >= 0.6 is 47.8 Å². The van der Waals surface area contributed by atoms with Gasteiger partial charge < -0.3 is 10.5 Å². The lowest BCUT2D eigenvalue weighted by Crippen LogP contribution is -2.00. The number of hydrogen-bond acceptors (Lipinski definition) is 2. The van der Waals surface area contributed by atoms with Gasteiger partial charge in [0.05, 0.1) is 4.47 Å². The van der Waals surface area contributed by atoms with E-state index in [1.54, 1.807) is 0 Å². The number of hydrogen-bond donors (Lipinski definition) is 1. The van der Waals surface area contributed by atoms with Crippen LogP contribution in [0.25, 0.3) is 0 Å². The highest BCUT2D eigenvalue weighted by molar-refractivity contribution is 9.11. The fraction of sp³-hybridized carbons (Fsp3) is 0.0769. The van der Waals surface area contributed by atoms with Gasteiger partial charge in [0.25, 0.3) is 0 Å². The van der Waals surface area contributed by atoms with E-state index in [-0.39, 0.29) is 0 Å². The highest BCUT2D eigenvalue weighted by Gasteiger charge is 2.09. The Labute approximate surface area is 131 Å². The number of benzene rings is 2. The van der Waals surface area contributed by atoms with Crippen molar-refractivity contribution < 1.29 is 4.74 Å². The maximum absolute atomic E-state index is 5.89. The fourth-order valence-corrected chi connectivity index (χ4v) is 3.15.